The van der Waals surface area contributed by atoms with Crippen LogP contribution in [0.1, 0.15) is 12.8 Å². The van der Waals surface area contributed by atoms with E-state index in [0.717, 1.165) is 57.8 Å². The second-order valence-corrected chi connectivity index (χ2v) is 8.24. The minimum Gasteiger partial charge on any atom is -0.305 e. The molecule has 2 saturated heterocycles. The molecular formula is C18H28Cl2N4. The Morgan fingerprint density at radius 2 is 1.58 bits per heavy atom. The molecular weight excluding hydrogens is 343 g/mol. The summed E-state index contributed by atoms with van der Waals surface area (Å²) in [6, 6.07) is 10.4. The van der Waals surface area contributed by atoms with E-state index in [1.807, 2.05) is 6.07 Å². The van der Waals surface area contributed by atoms with Gasteiger partial charge in [0.25, 0.3) is 0 Å². The predicted molar refractivity (Wildman–Crippen MR) is 103 cm³/mol. The molecule has 0 aromatic heterocycles. The molecule has 3 rings (SSSR count). The van der Waals surface area contributed by atoms with E-state index in [9.17, 15) is 0 Å². The van der Waals surface area contributed by atoms with Crippen molar-refractivity contribution < 1.29 is 0 Å². The molecule has 3 atom stereocenters. The number of nitrogens with zero attached hydrogens (tertiary/aromatic N) is 4. The van der Waals surface area contributed by atoms with Crippen molar-refractivity contribution in [2.24, 2.45) is 0 Å². The smallest absolute Gasteiger partial charge is 0.138 e. The van der Waals surface area contributed by atoms with Gasteiger partial charge in [-0.15, -0.1) is 11.6 Å². The van der Waals surface area contributed by atoms with Gasteiger partial charge in [-0.2, -0.15) is 0 Å². The molecule has 1 aromatic rings. The minimum absolute atomic E-state index is 0.280. The summed E-state index contributed by atoms with van der Waals surface area (Å²) in [7, 11) is 4.29. The second kappa shape index (κ2) is 7.79. The van der Waals surface area contributed by atoms with E-state index in [0.29, 0.717) is 0 Å². The normalized spacial score (nSPS) is 33.9. The minimum atomic E-state index is -0.452. The number of anilines is 1. The van der Waals surface area contributed by atoms with Gasteiger partial charge in [0.15, 0.2) is 0 Å². The van der Waals surface area contributed by atoms with Gasteiger partial charge in [0.1, 0.15) is 5.50 Å². The summed E-state index contributed by atoms with van der Waals surface area (Å²) in [4.78, 5) is 4.44. The number of hydrazine groups is 1. The zero-order chi connectivity index (χ0) is 17.2. The molecule has 6 heteroatoms. The van der Waals surface area contributed by atoms with Gasteiger partial charge in [0, 0.05) is 39.8 Å². The fourth-order valence-electron chi connectivity index (χ4n) is 3.54. The highest BCUT2D eigenvalue weighted by Gasteiger charge is 2.42. The fraction of sp³-hybridized carbons (Fsp3) is 0.667. The highest BCUT2D eigenvalue weighted by Crippen LogP contribution is 2.38. The van der Waals surface area contributed by atoms with Crippen LogP contribution in [0.5, 0.6) is 0 Å². The number of para-hydroxylation sites is 1. The molecule has 0 radical (unpaired) electrons. The monoisotopic (exact) mass is 370 g/mol. The van der Waals surface area contributed by atoms with Gasteiger partial charge in [-0.05, 0) is 38.6 Å². The predicted octanol–water partition coefficient (Wildman–Crippen LogP) is 2.92. The van der Waals surface area contributed by atoms with Crippen LogP contribution < -0.4 is 5.01 Å². The molecule has 1 aromatic carbocycles. The summed E-state index contributed by atoms with van der Waals surface area (Å²) in [5.41, 5.74) is 0.821. The van der Waals surface area contributed by atoms with E-state index < -0.39 is 4.87 Å². The third-order valence-corrected chi connectivity index (χ3v) is 6.62. The maximum Gasteiger partial charge on any atom is 0.138 e. The summed E-state index contributed by atoms with van der Waals surface area (Å²) < 4.78 is 0. The van der Waals surface area contributed by atoms with E-state index in [-0.39, 0.29) is 5.50 Å². The molecule has 0 N–H and O–H groups in total. The fourth-order valence-corrected chi connectivity index (χ4v) is 4.28. The van der Waals surface area contributed by atoms with Crippen molar-refractivity contribution >= 4 is 28.9 Å². The van der Waals surface area contributed by atoms with Gasteiger partial charge >= 0.3 is 0 Å². The zero-order valence-electron chi connectivity index (χ0n) is 14.7. The molecule has 2 heterocycles. The van der Waals surface area contributed by atoms with Gasteiger partial charge in [-0.3, -0.25) is 5.01 Å². The van der Waals surface area contributed by atoms with E-state index in [1.165, 1.54) is 0 Å². The SMILES string of the molecule is CN1CCN2CCN(C)N(c3ccccc3)C(Cl)C(Cl)(CC1)CC2. The topological polar surface area (TPSA) is 13.0 Å². The average Bonchev–Trinajstić information content (AvgIpc) is 2.68. The number of fused-ring (bicyclic) bond motifs is 3. The molecule has 3 unspecified atom stereocenters. The molecule has 2 fully saturated rings. The van der Waals surface area contributed by atoms with Crippen LogP contribution in [0.3, 0.4) is 0 Å². The first-order valence-corrected chi connectivity index (χ1v) is 9.60. The van der Waals surface area contributed by atoms with Crippen LogP contribution in [0.2, 0.25) is 0 Å². The first kappa shape index (κ1) is 18.3. The van der Waals surface area contributed by atoms with Gasteiger partial charge < -0.3 is 9.80 Å². The largest absolute Gasteiger partial charge is 0.305 e. The number of alkyl halides is 2. The lowest BCUT2D eigenvalue weighted by molar-refractivity contribution is 0.201. The van der Waals surface area contributed by atoms with E-state index in [1.54, 1.807) is 0 Å². The van der Waals surface area contributed by atoms with Crippen molar-refractivity contribution in [3.63, 3.8) is 0 Å². The number of hydrogen-bond donors (Lipinski definition) is 0. The number of benzene rings is 1. The number of likely N-dealkylation sites (N-methyl/N-ethyl adjacent to an activating group) is 2. The van der Waals surface area contributed by atoms with Crippen molar-refractivity contribution in [3.8, 4) is 0 Å². The molecule has 0 spiro atoms. The Kier molecular flexibility index (Phi) is 5.94. The van der Waals surface area contributed by atoms with Crippen molar-refractivity contribution in [2.45, 2.75) is 23.2 Å². The van der Waals surface area contributed by atoms with Crippen LogP contribution in [-0.4, -0.2) is 78.5 Å². The molecule has 0 aliphatic carbocycles. The molecule has 2 bridgehead atoms. The summed E-state index contributed by atoms with van der Waals surface area (Å²) in [5.74, 6) is 0. The maximum absolute atomic E-state index is 7.17. The summed E-state index contributed by atoms with van der Waals surface area (Å²) in [6.45, 7) is 6.14. The number of hydrogen-bond acceptors (Lipinski definition) is 4. The molecule has 2 aliphatic heterocycles. The lowest BCUT2D eigenvalue weighted by Gasteiger charge is -2.44. The van der Waals surface area contributed by atoms with Crippen LogP contribution in [0.4, 0.5) is 5.69 Å². The van der Waals surface area contributed by atoms with Crippen molar-refractivity contribution in [3.05, 3.63) is 30.3 Å². The first-order valence-electron chi connectivity index (χ1n) is 8.79. The Morgan fingerprint density at radius 1 is 0.917 bits per heavy atom. The van der Waals surface area contributed by atoms with Crippen molar-refractivity contribution in [2.75, 3.05) is 58.4 Å². The highest BCUT2D eigenvalue weighted by molar-refractivity contribution is 6.33. The molecule has 2 aliphatic rings. The van der Waals surface area contributed by atoms with Gasteiger partial charge in [-0.25, -0.2) is 5.01 Å². The van der Waals surface area contributed by atoms with Crippen LogP contribution >= 0.6 is 23.2 Å². The molecule has 0 amide bonds. The highest BCUT2D eigenvalue weighted by atomic mass is 35.5. The van der Waals surface area contributed by atoms with Gasteiger partial charge in [-0.1, -0.05) is 29.8 Å². The number of rotatable bonds is 1. The Hall–Kier alpha value is -0.520. The summed E-state index contributed by atoms with van der Waals surface area (Å²) in [6.07, 6.45) is 1.80. The van der Waals surface area contributed by atoms with Gasteiger partial charge in [0.2, 0.25) is 0 Å². The quantitative estimate of drug-likeness (QED) is 0.556. The molecule has 4 nitrogen and oxygen atoms in total. The molecule has 134 valence electrons. The van der Waals surface area contributed by atoms with Crippen molar-refractivity contribution in [1.82, 2.24) is 14.8 Å². The lowest BCUT2D eigenvalue weighted by Crippen LogP contribution is -2.54. The summed E-state index contributed by atoms with van der Waals surface area (Å²) in [5, 5.41) is 4.41. The average molecular weight is 371 g/mol. The van der Waals surface area contributed by atoms with Crippen LogP contribution in [0, 0.1) is 0 Å². The third kappa shape index (κ3) is 4.00. The van der Waals surface area contributed by atoms with E-state index >= 15 is 0 Å². The summed E-state index contributed by atoms with van der Waals surface area (Å²) >= 11 is 14.2. The third-order valence-electron chi connectivity index (χ3n) is 5.32. The zero-order valence-corrected chi connectivity index (χ0v) is 16.2. The van der Waals surface area contributed by atoms with Gasteiger partial charge in [0.05, 0.1) is 10.6 Å². The molecule has 24 heavy (non-hydrogen) atoms. The Morgan fingerprint density at radius 3 is 2.33 bits per heavy atom. The maximum atomic E-state index is 7.17. The van der Waals surface area contributed by atoms with E-state index in [4.69, 9.17) is 23.2 Å². The first-order chi connectivity index (χ1) is 11.5. The Balaban J connectivity index is 1.96. The van der Waals surface area contributed by atoms with Crippen LogP contribution in [0.25, 0.3) is 0 Å². The standard InChI is InChI=1S/C18H28Cl2N4/c1-21-10-8-18(20)9-11-23(14-12-21)15-13-22(2)24(17(18)19)16-6-4-3-5-7-16/h3-7,17H,8-15H2,1-2H3. The Bertz CT molecular complexity index is 529. The van der Waals surface area contributed by atoms with Crippen LogP contribution in [-0.2, 0) is 0 Å². The lowest BCUT2D eigenvalue weighted by atomic mass is 9.98. The van der Waals surface area contributed by atoms with E-state index in [2.05, 4.69) is 58.2 Å². The molecule has 0 saturated carbocycles. The second-order valence-electron chi connectivity index (χ2n) is 7.08. The number of halogens is 2. The Labute approximate surface area is 155 Å². The van der Waals surface area contributed by atoms with Crippen molar-refractivity contribution in [1.29, 1.82) is 0 Å². The van der Waals surface area contributed by atoms with Crippen LogP contribution in [0.15, 0.2) is 30.3 Å².